The molecule has 0 saturated carbocycles. The molecule has 0 saturated heterocycles. The number of thioether (sulfide) groups is 1. The summed E-state index contributed by atoms with van der Waals surface area (Å²) in [6.45, 7) is 1.81. The number of pyridine rings is 1. The molecule has 0 spiro atoms. The highest BCUT2D eigenvalue weighted by molar-refractivity contribution is 8.00. The molecule has 152 valence electrons. The number of aryl methyl sites for hydroxylation is 2. The minimum absolute atomic E-state index is 0.174. The minimum Gasteiger partial charge on any atom is -0.496 e. The molecule has 3 aromatic rings. The molecule has 0 aliphatic heterocycles. The molecule has 6 nitrogen and oxygen atoms in total. The van der Waals surface area contributed by atoms with Crippen molar-refractivity contribution < 1.29 is 9.53 Å². The summed E-state index contributed by atoms with van der Waals surface area (Å²) in [5.74, 6) is 0.559. The second-order valence-electron chi connectivity index (χ2n) is 6.90. The number of hydrogen-bond acceptors (Lipinski definition) is 7. The van der Waals surface area contributed by atoms with Gasteiger partial charge in [0.15, 0.2) is 5.13 Å². The third kappa shape index (κ3) is 4.18. The van der Waals surface area contributed by atoms with E-state index in [1.54, 1.807) is 7.11 Å². The average molecular weight is 437 g/mol. The van der Waals surface area contributed by atoms with Crippen molar-refractivity contribution in [2.24, 2.45) is 0 Å². The number of rotatable bonds is 6. The van der Waals surface area contributed by atoms with Crippen LogP contribution in [0.5, 0.6) is 5.75 Å². The van der Waals surface area contributed by atoms with E-state index in [4.69, 9.17) is 4.74 Å². The van der Waals surface area contributed by atoms with E-state index < -0.39 is 5.25 Å². The Labute approximate surface area is 183 Å². The maximum Gasteiger partial charge on any atom is 0.239 e. The van der Waals surface area contributed by atoms with Gasteiger partial charge in [0, 0.05) is 16.6 Å². The molecule has 1 amide bonds. The van der Waals surface area contributed by atoms with Gasteiger partial charge in [-0.25, -0.2) is 9.97 Å². The van der Waals surface area contributed by atoms with Crippen LogP contribution >= 0.6 is 23.1 Å². The van der Waals surface area contributed by atoms with E-state index in [1.807, 2.05) is 42.6 Å². The predicted molar refractivity (Wildman–Crippen MR) is 119 cm³/mol. The maximum atomic E-state index is 12.7. The summed E-state index contributed by atoms with van der Waals surface area (Å²) >= 11 is 2.67. The number of ether oxygens (including phenoxy) is 1. The monoisotopic (exact) mass is 436 g/mol. The molecule has 1 aromatic carbocycles. The molecule has 8 heteroatoms. The fraction of sp³-hybridized carbons (Fsp3) is 0.273. The third-order valence-electron chi connectivity index (χ3n) is 4.91. The third-order valence-corrected chi connectivity index (χ3v) is 6.77. The Morgan fingerprint density at radius 3 is 2.97 bits per heavy atom. The molecular formula is C22H20N4O2S2. The van der Waals surface area contributed by atoms with Crippen LogP contribution in [-0.4, -0.2) is 28.2 Å². The van der Waals surface area contributed by atoms with Crippen LogP contribution in [0.3, 0.4) is 0 Å². The first-order valence-corrected chi connectivity index (χ1v) is 11.3. The second-order valence-corrected chi connectivity index (χ2v) is 9.09. The molecule has 2 heterocycles. The standard InChI is InChI=1S/C22H20N4O2S2/c1-13(30-21-15(11-23)10-14-6-5-8-17(14)24-21)20(27)26-22-25-18(12-29-22)16-7-3-4-9-19(16)28-2/h3-4,7,9-10,12-13H,5-6,8H2,1-2H3,(H,25,26,27). The van der Waals surface area contributed by atoms with E-state index in [9.17, 15) is 10.1 Å². The highest BCUT2D eigenvalue weighted by Crippen LogP contribution is 2.33. The molecule has 0 fully saturated rings. The average Bonchev–Trinajstić information content (AvgIpc) is 3.42. The Kier molecular flexibility index (Phi) is 6.02. The number of benzene rings is 1. The number of hydrogen-bond donors (Lipinski definition) is 1. The van der Waals surface area contributed by atoms with E-state index in [0.717, 1.165) is 47.5 Å². The van der Waals surface area contributed by atoms with Gasteiger partial charge in [-0.3, -0.25) is 4.79 Å². The van der Waals surface area contributed by atoms with Crippen molar-refractivity contribution in [3.8, 4) is 23.1 Å². The van der Waals surface area contributed by atoms with Crippen LogP contribution < -0.4 is 10.1 Å². The molecule has 30 heavy (non-hydrogen) atoms. The number of fused-ring (bicyclic) bond motifs is 1. The van der Waals surface area contributed by atoms with E-state index in [0.29, 0.717) is 15.7 Å². The maximum absolute atomic E-state index is 12.7. The number of aromatic nitrogens is 2. The smallest absolute Gasteiger partial charge is 0.239 e. The number of nitrogens with zero attached hydrogens (tertiary/aromatic N) is 3. The zero-order valence-electron chi connectivity index (χ0n) is 16.6. The lowest BCUT2D eigenvalue weighted by Gasteiger charge is -2.12. The molecule has 4 rings (SSSR count). The summed E-state index contributed by atoms with van der Waals surface area (Å²) in [7, 11) is 1.62. The summed E-state index contributed by atoms with van der Waals surface area (Å²) in [5, 5.41) is 15.0. The molecule has 0 bridgehead atoms. The van der Waals surface area contributed by atoms with E-state index in [2.05, 4.69) is 21.4 Å². The van der Waals surface area contributed by atoms with Crippen molar-refractivity contribution in [3.63, 3.8) is 0 Å². The fourth-order valence-electron chi connectivity index (χ4n) is 3.36. The van der Waals surface area contributed by atoms with Gasteiger partial charge in [0.2, 0.25) is 5.91 Å². The number of carbonyl (C=O) groups excluding carboxylic acids is 1. The molecular weight excluding hydrogens is 416 g/mol. The number of nitrogens with one attached hydrogen (secondary N) is 1. The first-order chi connectivity index (χ1) is 14.6. The van der Waals surface area contributed by atoms with Gasteiger partial charge in [-0.15, -0.1) is 11.3 Å². The number of methoxy groups -OCH3 is 1. The van der Waals surface area contributed by atoms with Crippen molar-refractivity contribution >= 4 is 34.1 Å². The number of thiazole rings is 1. The topological polar surface area (TPSA) is 87.9 Å². The highest BCUT2D eigenvalue weighted by atomic mass is 32.2. The van der Waals surface area contributed by atoms with Crippen molar-refractivity contribution in [2.75, 3.05) is 12.4 Å². The van der Waals surface area contributed by atoms with Crippen molar-refractivity contribution in [1.29, 1.82) is 5.26 Å². The van der Waals surface area contributed by atoms with Gasteiger partial charge in [-0.05, 0) is 49.9 Å². The first-order valence-electron chi connectivity index (χ1n) is 9.58. The fourth-order valence-corrected chi connectivity index (χ4v) is 4.97. The second kappa shape index (κ2) is 8.86. The number of carbonyl (C=O) groups is 1. The van der Waals surface area contributed by atoms with Crippen molar-refractivity contribution in [3.05, 3.63) is 52.5 Å². The minimum atomic E-state index is -0.414. The van der Waals surface area contributed by atoms with Gasteiger partial charge in [0.1, 0.15) is 16.8 Å². The Morgan fingerprint density at radius 1 is 1.33 bits per heavy atom. The van der Waals surface area contributed by atoms with Crippen LogP contribution in [0.15, 0.2) is 40.7 Å². The summed E-state index contributed by atoms with van der Waals surface area (Å²) in [6, 6.07) is 11.8. The Morgan fingerprint density at radius 2 is 2.17 bits per heavy atom. The number of amides is 1. The van der Waals surface area contributed by atoms with Crippen LogP contribution in [-0.2, 0) is 17.6 Å². The lowest BCUT2D eigenvalue weighted by molar-refractivity contribution is -0.115. The normalized spacial score (nSPS) is 13.4. The van der Waals surface area contributed by atoms with Gasteiger partial charge >= 0.3 is 0 Å². The molecule has 1 N–H and O–H groups in total. The lowest BCUT2D eigenvalue weighted by Crippen LogP contribution is -2.22. The number of anilines is 1. The number of nitriles is 1. The summed E-state index contributed by atoms with van der Waals surface area (Å²) in [5.41, 5.74) is 4.36. The molecule has 1 unspecified atom stereocenters. The highest BCUT2D eigenvalue weighted by Gasteiger charge is 2.22. The van der Waals surface area contributed by atoms with Gasteiger partial charge in [-0.1, -0.05) is 23.9 Å². The van der Waals surface area contributed by atoms with Crippen molar-refractivity contribution in [2.45, 2.75) is 36.5 Å². The van der Waals surface area contributed by atoms with Crippen LogP contribution in [0.25, 0.3) is 11.3 Å². The molecule has 1 aliphatic carbocycles. The Balaban J connectivity index is 1.46. The molecule has 1 aliphatic rings. The van der Waals surface area contributed by atoms with Gasteiger partial charge in [-0.2, -0.15) is 5.26 Å². The molecule has 1 atom stereocenters. The number of para-hydroxylation sites is 1. The van der Waals surface area contributed by atoms with E-state index >= 15 is 0 Å². The largest absolute Gasteiger partial charge is 0.496 e. The predicted octanol–water partition coefficient (Wildman–Crippen LogP) is 4.69. The van der Waals surface area contributed by atoms with Gasteiger partial charge in [0.05, 0.1) is 23.6 Å². The van der Waals surface area contributed by atoms with Crippen LogP contribution in [0.2, 0.25) is 0 Å². The van der Waals surface area contributed by atoms with Crippen LogP contribution in [0.4, 0.5) is 5.13 Å². The first kappa shape index (κ1) is 20.4. The van der Waals surface area contributed by atoms with E-state index in [-0.39, 0.29) is 5.91 Å². The zero-order valence-corrected chi connectivity index (χ0v) is 18.3. The molecule has 2 aromatic heterocycles. The Bertz CT molecular complexity index is 1140. The van der Waals surface area contributed by atoms with Crippen molar-refractivity contribution in [1.82, 2.24) is 9.97 Å². The van der Waals surface area contributed by atoms with Gasteiger partial charge in [0.25, 0.3) is 0 Å². The van der Waals surface area contributed by atoms with Crippen LogP contribution in [0.1, 0.15) is 30.2 Å². The SMILES string of the molecule is COc1ccccc1-c1csc(NC(=O)C(C)Sc2nc3c(cc2C#N)CCC3)n1. The lowest BCUT2D eigenvalue weighted by atomic mass is 10.1. The summed E-state index contributed by atoms with van der Waals surface area (Å²) in [4.78, 5) is 21.9. The van der Waals surface area contributed by atoms with E-state index in [1.165, 1.54) is 23.1 Å². The summed E-state index contributed by atoms with van der Waals surface area (Å²) in [6.07, 6.45) is 2.96. The van der Waals surface area contributed by atoms with Crippen LogP contribution in [0, 0.1) is 11.3 Å². The summed E-state index contributed by atoms with van der Waals surface area (Å²) < 4.78 is 5.39. The van der Waals surface area contributed by atoms with Gasteiger partial charge < -0.3 is 10.1 Å². The Hall–Kier alpha value is -2.89. The zero-order chi connectivity index (χ0) is 21.1. The molecule has 0 radical (unpaired) electrons. The quantitative estimate of drug-likeness (QED) is 0.564.